The molecule has 1 unspecified atom stereocenters. The Bertz CT molecular complexity index is 950. The predicted octanol–water partition coefficient (Wildman–Crippen LogP) is 3.90. The molecule has 5 heteroatoms. The standard InChI is InChI=1S/C22H24FN3O/c1-15(19-9-5-7-17-6-3-4-8-20(17)19)26-22(24-2)25-13-16-10-11-21(23)18(12-16)14-27/h3-12,15,27H,13-14H2,1-2H3,(H2,24,25,26). The molecule has 0 saturated carbocycles. The molecule has 0 amide bonds. The first-order chi connectivity index (χ1) is 13.1. The first-order valence-corrected chi connectivity index (χ1v) is 8.95. The third-order valence-corrected chi connectivity index (χ3v) is 4.61. The van der Waals surface area contributed by atoms with Gasteiger partial charge in [0.1, 0.15) is 5.82 Å². The van der Waals surface area contributed by atoms with Crippen molar-refractivity contribution >= 4 is 16.7 Å². The number of aliphatic hydroxyl groups is 1. The normalized spacial score (nSPS) is 12.8. The van der Waals surface area contributed by atoms with Crippen molar-refractivity contribution in [2.45, 2.75) is 26.1 Å². The lowest BCUT2D eigenvalue weighted by atomic mass is 10.00. The molecule has 3 N–H and O–H groups in total. The number of guanidine groups is 1. The highest BCUT2D eigenvalue weighted by Gasteiger charge is 2.11. The fourth-order valence-corrected chi connectivity index (χ4v) is 3.15. The van der Waals surface area contributed by atoms with Crippen LogP contribution in [-0.4, -0.2) is 18.1 Å². The fraction of sp³-hybridized carbons (Fsp3) is 0.227. The molecule has 0 saturated heterocycles. The van der Waals surface area contributed by atoms with Gasteiger partial charge >= 0.3 is 0 Å². The average molecular weight is 365 g/mol. The Morgan fingerprint density at radius 1 is 1.11 bits per heavy atom. The second-order valence-corrected chi connectivity index (χ2v) is 6.44. The first kappa shape index (κ1) is 18.9. The largest absolute Gasteiger partial charge is 0.392 e. The van der Waals surface area contributed by atoms with Crippen molar-refractivity contribution in [3.63, 3.8) is 0 Å². The van der Waals surface area contributed by atoms with Gasteiger partial charge in [-0.15, -0.1) is 0 Å². The maximum atomic E-state index is 13.5. The van der Waals surface area contributed by atoms with Crippen LogP contribution in [0.5, 0.6) is 0 Å². The Labute approximate surface area is 158 Å². The third kappa shape index (κ3) is 4.44. The summed E-state index contributed by atoms with van der Waals surface area (Å²) < 4.78 is 13.5. The van der Waals surface area contributed by atoms with Gasteiger partial charge in [-0.25, -0.2) is 4.39 Å². The topological polar surface area (TPSA) is 56.7 Å². The van der Waals surface area contributed by atoms with Crippen LogP contribution >= 0.6 is 0 Å². The van der Waals surface area contributed by atoms with Gasteiger partial charge in [-0.1, -0.05) is 48.5 Å². The molecular formula is C22H24FN3O. The van der Waals surface area contributed by atoms with E-state index < -0.39 is 5.82 Å². The number of hydrogen-bond donors (Lipinski definition) is 3. The van der Waals surface area contributed by atoms with Crippen molar-refractivity contribution in [3.05, 3.63) is 83.2 Å². The molecule has 0 spiro atoms. The predicted molar refractivity (Wildman–Crippen MR) is 108 cm³/mol. The Hall–Kier alpha value is -2.92. The first-order valence-electron chi connectivity index (χ1n) is 8.95. The van der Waals surface area contributed by atoms with Gasteiger partial charge in [-0.05, 0) is 41.0 Å². The van der Waals surface area contributed by atoms with Crippen LogP contribution in [0, 0.1) is 5.82 Å². The van der Waals surface area contributed by atoms with E-state index in [1.54, 1.807) is 19.2 Å². The molecular weight excluding hydrogens is 341 g/mol. The monoisotopic (exact) mass is 365 g/mol. The molecule has 27 heavy (non-hydrogen) atoms. The van der Waals surface area contributed by atoms with Crippen LogP contribution in [0.3, 0.4) is 0 Å². The Morgan fingerprint density at radius 2 is 1.89 bits per heavy atom. The third-order valence-electron chi connectivity index (χ3n) is 4.61. The van der Waals surface area contributed by atoms with Crippen molar-refractivity contribution in [1.29, 1.82) is 0 Å². The van der Waals surface area contributed by atoms with Crippen LogP contribution in [0.1, 0.15) is 29.7 Å². The number of aliphatic hydroxyl groups excluding tert-OH is 1. The number of hydrogen-bond acceptors (Lipinski definition) is 2. The van der Waals surface area contributed by atoms with Gasteiger partial charge in [0, 0.05) is 19.2 Å². The summed E-state index contributed by atoms with van der Waals surface area (Å²) in [6, 6.07) is 19.4. The summed E-state index contributed by atoms with van der Waals surface area (Å²) in [5, 5.41) is 18.3. The highest BCUT2D eigenvalue weighted by atomic mass is 19.1. The SMILES string of the molecule is CN=C(NCc1ccc(F)c(CO)c1)NC(C)c1cccc2ccccc12. The molecule has 140 valence electrons. The molecule has 0 fully saturated rings. The second kappa shape index (κ2) is 8.64. The summed E-state index contributed by atoms with van der Waals surface area (Å²) in [4.78, 5) is 4.28. The summed E-state index contributed by atoms with van der Waals surface area (Å²) in [6.45, 7) is 2.26. The smallest absolute Gasteiger partial charge is 0.191 e. The van der Waals surface area contributed by atoms with E-state index in [0.29, 0.717) is 18.1 Å². The van der Waals surface area contributed by atoms with E-state index in [9.17, 15) is 9.50 Å². The van der Waals surface area contributed by atoms with Crippen molar-refractivity contribution in [2.75, 3.05) is 7.05 Å². The Balaban J connectivity index is 1.70. The van der Waals surface area contributed by atoms with Gasteiger partial charge in [0.15, 0.2) is 5.96 Å². The highest BCUT2D eigenvalue weighted by Crippen LogP contribution is 2.23. The lowest BCUT2D eigenvalue weighted by molar-refractivity contribution is 0.275. The molecule has 0 aromatic heterocycles. The summed E-state index contributed by atoms with van der Waals surface area (Å²) in [5.74, 6) is 0.263. The van der Waals surface area contributed by atoms with E-state index in [0.717, 1.165) is 5.56 Å². The van der Waals surface area contributed by atoms with Crippen molar-refractivity contribution in [1.82, 2.24) is 10.6 Å². The lowest BCUT2D eigenvalue weighted by Gasteiger charge is -2.20. The molecule has 3 rings (SSSR count). The zero-order chi connectivity index (χ0) is 19.2. The molecule has 4 nitrogen and oxygen atoms in total. The fourth-order valence-electron chi connectivity index (χ4n) is 3.15. The molecule has 3 aromatic carbocycles. The number of aliphatic imine (C=N–C) groups is 1. The van der Waals surface area contributed by atoms with Crippen LogP contribution in [0.15, 0.2) is 65.7 Å². The van der Waals surface area contributed by atoms with E-state index in [-0.39, 0.29) is 12.6 Å². The number of halogens is 1. The maximum Gasteiger partial charge on any atom is 0.191 e. The highest BCUT2D eigenvalue weighted by molar-refractivity contribution is 5.87. The molecule has 0 aliphatic carbocycles. The number of nitrogens with one attached hydrogen (secondary N) is 2. The zero-order valence-electron chi connectivity index (χ0n) is 15.5. The van der Waals surface area contributed by atoms with Gasteiger partial charge in [0.2, 0.25) is 0 Å². The molecule has 1 atom stereocenters. The quantitative estimate of drug-likeness (QED) is 0.475. The minimum absolute atomic E-state index is 0.0588. The van der Waals surface area contributed by atoms with Crippen LogP contribution in [0.4, 0.5) is 4.39 Å². The van der Waals surface area contributed by atoms with E-state index in [1.807, 2.05) is 12.1 Å². The van der Waals surface area contributed by atoms with Crippen LogP contribution in [0.2, 0.25) is 0 Å². The van der Waals surface area contributed by atoms with E-state index in [1.165, 1.54) is 22.4 Å². The second-order valence-electron chi connectivity index (χ2n) is 6.44. The van der Waals surface area contributed by atoms with Gasteiger partial charge in [0.05, 0.1) is 12.6 Å². The summed E-state index contributed by atoms with van der Waals surface area (Å²) in [7, 11) is 1.72. The minimum atomic E-state index is -0.395. The van der Waals surface area contributed by atoms with E-state index in [4.69, 9.17) is 0 Å². The molecule has 0 radical (unpaired) electrons. The number of fused-ring (bicyclic) bond motifs is 1. The summed E-state index contributed by atoms with van der Waals surface area (Å²) >= 11 is 0. The summed E-state index contributed by atoms with van der Waals surface area (Å²) in [5.41, 5.74) is 2.36. The van der Waals surface area contributed by atoms with Crippen molar-refractivity contribution in [2.24, 2.45) is 4.99 Å². The van der Waals surface area contributed by atoms with Gasteiger partial charge in [-0.2, -0.15) is 0 Å². The number of nitrogens with zero attached hydrogens (tertiary/aromatic N) is 1. The van der Waals surface area contributed by atoms with Gasteiger partial charge in [0.25, 0.3) is 0 Å². The molecule has 0 bridgehead atoms. The Kier molecular flexibility index (Phi) is 6.04. The maximum absolute atomic E-state index is 13.5. The Morgan fingerprint density at radius 3 is 2.67 bits per heavy atom. The van der Waals surface area contributed by atoms with Crippen LogP contribution in [0.25, 0.3) is 10.8 Å². The van der Waals surface area contributed by atoms with E-state index >= 15 is 0 Å². The molecule has 3 aromatic rings. The molecule has 0 heterocycles. The lowest BCUT2D eigenvalue weighted by Crippen LogP contribution is -2.38. The number of rotatable bonds is 5. The minimum Gasteiger partial charge on any atom is -0.392 e. The van der Waals surface area contributed by atoms with Crippen LogP contribution < -0.4 is 10.6 Å². The van der Waals surface area contributed by atoms with Crippen molar-refractivity contribution < 1.29 is 9.50 Å². The van der Waals surface area contributed by atoms with Crippen LogP contribution in [-0.2, 0) is 13.2 Å². The zero-order valence-corrected chi connectivity index (χ0v) is 15.5. The molecule has 0 aliphatic heterocycles. The van der Waals surface area contributed by atoms with E-state index in [2.05, 4.69) is 52.9 Å². The van der Waals surface area contributed by atoms with Gasteiger partial charge in [-0.3, -0.25) is 4.99 Å². The van der Waals surface area contributed by atoms with Gasteiger partial charge < -0.3 is 15.7 Å². The number of benzene rings is 3. The van der Waals surface area contributed by atoms with Crippen molar-refractivity contribution in [3.8, 4) is 0 Å². The average Bonchev–Trinajstić information content (AvgIpc) is 2.71. The molecule has 0 aliphatic rings. The summed E-state index contributed by atoms with van der Waals surface area (Å²) in [6.07, 6.45) is 0.